The Kier molecular flexibility index (Phi) is 3.87. The minimum atomic E-state index is -0.319. The molecule has 2 rings (SSSR count). The van der Waals surface area contributed by atoms with Gasteiger partial charge in [0.2, 0.25) is 0 Å². The van der Waals surface area contributed by atoms with E-state index in [-0.39, 0.29) is 5.91 Å². The van der Waals surface area contributed by atoms with Crippen LogP contribution in [0.5, 0.6) is 5.75 Å². The molecule has 0 aliphatic carbocycles. The third-order valence-electron chi connectivity index (χ3n) is 2.60. The Labute approximate surface area is 111 Å². The lowest BCUT2D eigenvalue weighted by Gasteiger charge is -2.10. The second kappa shape index (κ2) is 5.77. The summed E-state index contributed by atoms with van der Waals surface area (Å²) in [6.07, 6.45) is 0. The fourth-order valence-corrected chi connectivity index (χ4v) is 1.58. The number of carbonyl (C=O) groups excluding carboxylic acids is 1. The van der Waals surface area contributed by atoms with Crippen LogP contribution in [0.4, 0.5) is 11.4 Å². The minimum Gasteiger partial charge on any atom is -0.497 e. The first-order chi connectivity index (χ1) is 9.20. The zero-order chi connectivity index (χ0) is 13.7. The van der Waals surface area contributed by atoms with Crippen molar-refractivity contribution in [1.29, 1.82) is 0 Å². The molecule has 0 radical (unpaired) electrons. The van der Waals surface area contributed by atoms with Gasteiger partial charge in [0.25, 0.3) is 5.91 Å². The summed E-state index contributed by atoms with van der Waals surface area (Å²) >= 11 is 0. The van der Waals surface area contributed by atoms with E-state index in [4.69, 9.17) is 10.5 Å². The Bertz CT molecular complexity index is 570. The molecule has 5 heteroatoms. The van der Waals surface area contributed by atoms with Crippen molar-refractivity contribution < 1.29 is 9.53 Å². The third kappa shape index (κ3) is 3.16. The van der Waals surface area contributed by atoms with E-state index in [2.05, 4.69) is 10.9 Å². The van der Waals surface area contributed by atoms with Crippen molar-refractivity contribution in [3.63, 3.8) is 0 Å². The Morgan fingerprint density at radius 2 is 1.89 bits per heavy atom. The van der Waals surface area contributed by atoms with Crippen molar-refractivity contribution in [3.05, 3.63) is 54.1 Å². The van der Waals surface area contributed by atoms with Crippen LogP contribution in [-0.4, -0.2) is 13.0 Å². The summed E-state index contributed by atoms with van der Waals surface area (Å²) in [7, 11) is 1.54. The maximum atomic E-state index is 12.0. The smallest absolute Gasteiger partial charge is 0.271 e. The van der Waals surface area contributed by atoms with E-state index in [1.807, 2.05) is 30.3 Å². The number of hydrazine groups is 1. The van der Waals surface area contributed by atoms with Gasteiger partial charge in [0.1, 0.15) is 5.75 Å². The number of nitrogen functional groups attached to an aromatic ring is 1. The van der Waals surface area contributed by atoms with Gasteiger partial charge in [-0.05, 0) is 30.3 Å². The maximum absolute atomic E-state index is 12.0. The number of methoxy groups -OCH3 is 1. The van der Waals surface area contributed by atoms with Crippen LogP contribution >= 0.6 is 0 Å². The summed E-state index contributed by atoms with van der Waals surface area (Å²) in [4.78, 5) is 12.0. The lowest BCUT2D eigenvalue weighted by Crippen LogP contribution is -2.29. The van der Waals surface area contributed by atoms with Crippen LogP contribution in [0.15, 0.2) is 48.5 Å². The predicted molar refractivity (Wildman–Crippen MR) is 74.9 cm³/mol. The number of amides is 1. The van der Waals surface area contributed by atoms with Gasteiger partial charge in [0.05, 0.1) is 18.4 Å². The van der Waals surface area contributed by atoms with E-state index in [1.54, 1.807) is 18.2 Å². The first-order valence-corrected chi connectivity index (χ1v) is 5.75. The van der Waals surface area contributed by atoms with Crippen molar-refractivity contribution in [1.82, 2.24) is 5.43 Å². The lowest BCUT2D eigenvalue weighted by molar-refractivity contribution is 0.0963. The Morgan fingerprint density at radius 1 is 1.16 bits per heavy atom. The largest absolute Gasteiger partial charge is 0.497 e. The topological polar surface area (TPSA) is 76.4 Å². The summed E-state index contributed by atoms with van der Waals surface area (Å²) in [6, 6.07) is 14.3. The van der Waals surface area contributed by atoms with Crippen LogP contribution in [0, 0.1) is 0 Å². The molecule has 1 amide bonds. The summed E-state index contributed by atoms with van der Waals surface area (Å²) in [5.41, 5.74) is 12.7. The number of rotatable bonds is 4. The fraction of sp³-hybridized carbons (Fsp3) is 0.0714. The number of anilines is 2. The molecule has 5 nitrogen and oxygen atoms in total. The van der Waals surface area contributed by atoms with Gasteiger partial charge >= 0.3 is 0 Å². The van der Waals surface area contributed by atoms with Crippen molar-refractivity contribution in [2.24, 2.45) is 0 Å². The van der Waals surface area contributed by atoms with E-state index in [1.165, 1.54) is 7.11 Å². The van der Waals surface area contributed by atoms with Gasteiger partial charge < -0.3 is 10.5 Å². The zero-order valence-corrected chi connectivity index (χ0v) is 10.5. The molecule has 19 heavy (non-hydrogen) atoms. The molecule has 2 aromatic carbocycles. The number of nitrogens with one attached hydrogen (secondary N) is 2. The highest BCUT2D eigenvalue weighted by atomic mass is 16.5. The number of ether oxygens (including phenoxy) is 1. The molecule has 0 heterocycles. The number of benzene rings is 2. The standard InChI is InChI=1S/C14H15N3O2/c1-19-11-7-8-13(15)12(9-11)14(18)17-16-10-5-3-2-4-6-10/h2-9,16H,15H2,1H3,(H,17,18). The van der Waals surface area contributed by atoms with Gasteiger partial charge in [-0.3, -0.25) is 15.6 Å². The van der Waals surface area contributed by atoms with E-state index < -0.39 is 0 Å². The van der Waals surface area contributed by atoms with E-state index in [9.17, 15) is 4.79 Å². The van der Waals surface area contributed by atoms with Gasteiger partial charge in [-0.1, -0.05) is 18.2 Å². The molecule has 0 saturated heterocycles. The fourth-order valence-electron chi connectivity index (χ4n) is 1.58. The molecule has 0 bridgehead atoms. The molecule has 0 atom stereocenters. The molecule has 2 aromatic rings. The van der Waals surface area contributed by atoms with Crippen LogP contribution < -0.4 is 21.3 Å². The summed E-state index contributed by atoms with van der Waals surface area (Å²) in [5.74, 6) is 0.263. The molecule has 0 saturated carbocycles. The normalized spacial score (nSPS) is 9.74. The maximum Gasteiger partial charge on any atom is 0.271 e. The van der Waals surface area contributed by atoms with Gasteiger partial charge in [0.15, 0.2) is 0 Å². The molecule has 98 valence electrons. The van der Waals surface area contributed by atoms with Crippen molar-refractivity contribution in [2.75, 3.05) is 18.3 Å². The number of carbonyl (C=O) groups is 1. The molecule has 0 aliphatic rings. The van der Waals surface area contributed by atoms with Crippen LogP contribution in [0.25, 0.3) is 0 Å². The monoisotopic (exact) mass is 257 g/mol. The van der Waals surface area contributed by atoms with E-state index >= 15 is 0 Å². The molecular weight excluding hydrogens is 242 g/mol. The first kappa shape index (κ1) is 12.8. The number of hydrogen-bond donors (Lipinski definition) is 3. The molecule has 4 N–H and O–H groups in total. The van der Waals surface area contributed by atoms with Crippen LogP contribution in [0.3, 0.4) is 0 Å². The van der Waals surface area contributed by atoms with Crippen molar-refractivity contribution in [2.45, 2.75) is 0 Å². The molecule has 0 aromatic heterocycles. The molecule has 0 spiro atoms. The van der Waals surface area contributed by atoms with Gasteiger partial charge in [-0.25, -0.2) is 0 Å². The van der Waals surface area contributed by atoms with Crippen LogP contribution in [-0.2, 0) is 0 Å². The number of hydrogen-bond acceptors (Lipinski definition) is 4. The second-order valence-electron chi connectivity index (χ2n) is 3.90. The van der Waals surface area contributed by atoms with Crippen LogP contribution in [0.2, 0.25) is 0 Å². The Morgan fingerprint density at radius 3 is 2.58 bits per heavy atom. The number of para-hydroxylation sites is 1. The average Bonchev–Trinajstić information content (AvgIpc) is 2.46. The van der Waals surface area contributed by atoms with E-state index in [0.29, 0.717) is 17.0 Å². The molecular formula is C14H15N3O2. The quantitative estimate of drug-likeness (QED) is 0.578. The van der Waals surface area contributed by atoms with Crippen molar-refractivity contribution >= 4 is 17.3 Å². The average molecular weight is 257 g/mol. The highest BCUT2D eigenvalue weighted by Gasteiger charge is 2.10. The second-order valence-corrected chi connectivity index (χ2v) is 3.90. The van der Waals surface area contributed by atoms with Crippen LogP contribution in [0.1, 0.15) is 10.4 Å². The predicted octanol–water partition coefficient (Wildman–Crippen LogP) is 2.03. The Hall–Kier alpha value is -2.69. The summed E-state index contributed by atoms with van der Waals surface area (Å²) < 4.78 is 5.07. The summed E-state index contributed by atoms with van der Waals surface area (Å²) in [6.45, 7) is 0. The highest BCUT2D eigenvalue weighted by molar-refractivity contribution is 6.00. The number of nitrogens with two attached hydrogens (primary N) is 1. The summed E-state index contributed by atoms with van der Waals surface area (Å²) in [5, 5.41) is 0. The van der Waals surface area contributed by atoms with Crippen molar-refractivity contribution in [3.8, 4) is 5.75 Å². The van der Waals surface area contributed by atoms with E-state index in [0.717, 1.165) is 5.69 Å². The molecule has 0 unspecified atom stereocenters. The van der Waals surface area contributed by atoms with Gasteiger partial charge in [-0.15, -0.1) is 0 Å². The lowest BCUT2D eigenvalue weighted by atomic mass is 10.1. The first-order valence-electron chi connectivity index (χ1n) is 5.75. The zero-order valence-electron chi connectivity index (χ0n) is 10.5. The molecule has 0 aliphatic heterocycles. The third-order valence-corrected chi connectivity index (χ3v) is 2.60. The highest BCUT2D eigenvalue weighted by Crippen LogP contribution is 2.19. The van der Waals surface area contributed by atoms with Gasteiger partial charge in [-0.2, -0.15) is 0 Å². The SMILES string of the molecule is COc1ccc(N)c(C(=O)NNc2ccccc2)c1. The molecule has 0 fully saturated rings. The van der Waals surface area contributed by atoms with Gasteiger partial charge in [0, 0.05) is 5.69 Å². The minimum absolute atomic E-state index is 0.319. The Balaban J connectivity index is 2.08.